The highest BCUT2D eigenvalue weighted by atomic mass is 32.2. The molecule has 0 bridgehead atoms. The van der Waals surface area contributed by atoms with Gasteiger partial charge in [0.1, 0.15) is 5.82 Å². The average molecular weight is 422 g/mol. The number of amides is 1. The highest BCUT2D eigenvalue weighted by Crippen LogP contribution is 2.40. The van der Waals surface area contributed by atoms with Gasteiger partial charge in [0.2, 0.25) is 5.91 Å². The van der Waals surface area contributed by atoms with E-state index >= 15 is 0 Å². The van der Waals surface area contributed by atoms with Crippen LogP contribution in [0.25, 0.3) is 0 Å². The Morgan fingerprint density at radius 2 is 1.80 bits per heavy atom. The van der Waals surface area contributed by atoms with Crippen LogP contribution in [0.15, 0.2) is 59.8 Å². The van der Waals surface area contributed by atoms with Gasteiger partial charge >= 0.3 is 0 Å². The van der Waals surface area contributed by atoms with E-state index in [4.69, 9.17) is 0 Å². The highest BCUT2D eigenvalue weighted by Gasteiger charge is 2.30. The molecule has 1 heterocycles. The minimum Gasteiger partial charge on any atom is -0.378 e. The van der Waals surface area contributed by atoms with Gasteiger partial charge < -0.3 is 14.8 Å². The predicted molar refractivity (Wildman–Crippen MR) is 121 cm³/mol. The van der Waals surface area contributed by atoms with E-state index in [-0.39, 0.29) is 5.91 Å². The number of carbonyl (C=O) groups is 1. The molecule has 1 aromatic heterocycles. The molecule has 0 spiro atoms. The SMILES string of the molecule is CN(C)c1ccc(CNC(=O)CSc2nnc(C3CC3)n2Cc2ccccc2)cc1. The summed E-state index contributed by atoms with van der Waals surface area (Å²) in [6.45, 7) is 1.26. The number of benzene rings is 2. The first-order chi connectivity index (χ1) is 14.6. The number of nitrogens with zero attached hydrogens (tertiary/aromatic N) is 4. The van der Waals surface area contributed by atoms with Crippen molar-refractivity contribution in [1.29, 1.82) is 0 Å². The molecule has 2 aromatic carbocycles. The molecule has 3 aromatic rings. The fourth-order valence-electron chi connectivity index (χ4n) is 3.26. The molecule has 1 amide bonds. The Hall–Kier alpha value is -2.80. The normalized spacial score (nSPS) is 13.3. The van der Waals surface area contributed by atoms with E-state index in [2.05, 4.69) is 49.2 Å². The van der Waals surface area contributed by atoms with Crippen molar-refractivity contribution in [3.63, 3.8) is 0 Å². The van der Waals surface area contributed by atoms with Crippen LogP contribution in [-0.4, -0.2) is 40.5 Å². The highest BCUT2D eigenvalue weighted by molar-refractivity contribution is 7.99. The lowest BCUT2D eigenvalue weighted by Gasteiger charge is -2.13. The summed E-state index contributed by atoms with van der Waals surface area (Å²) < 4.78 is 2.17. The summed E-state index contributed by atoms with van der Waals surface area (Å²) in [5.41, 5.74) is 3.44. The van der Waals surface area contributed by atoms with E-state index in [9.17, 15) is 4.79 Å². The summed E-state index contributed by atoms with van der Waals surface area (Å²) in [6.07, 6.45) is 2.34. The van der Waals surface area contributed by atoms with E-state index in [0.717, 1.165) is 28.8 Å². The van der Waals surface area contributed by atoms with Crippen LogP contribution in [0, 0.1) is 0 Å². The van der Waals surface area contributed by atoms with Gasteiger partial charge in [-0.05, 0) is 36.1 Å². The Morgan fingerprint density at radius 3 is 2.47 bits per heavy atom. The van der Waals surface area contributed by atoms with E-state index in [0.29, 0.717) is 18.2 Å². The smallest absolute Gasteiger partial charge is 0.230 e. The van der Waals surface area contributed by atoms with Crippen LogP contribution in [0.2, 0.25) is 0 Å². The molecule has 30 heavy (non-hydrogen) atoms. The molecule has 156 valence electrons. The van der Waals surface area contributed by atoms with Gasteiger partial charge in [0.25, 0.3) is 0 Å². The summed E-state index contributed by atoms with van der Waals surface area (Å²) >= 11 is 1.45. The van der Waals surface area contributed by atoms with Gasteiger partial charge in [-0.1, -0.05) is 54.2 Å². The molecule has 0 aliphatic heterocycles. The van der Waals surface area contributed by atoms with Crippen molar-refractivity contribution < 1.29 is 4.79 Å². The average Bonchev–Trinajstić information content (AvgIpc) is 3.53. The van der Waals surface area contributed by atoms with E-state index in [1.807, 2.05) is 44.4 Å². The van der Waals surface area contributed by atoms with Crippen molar-refractivity contribution in [3.05, 3.63) is 71.5 Å². The summed E-state index contributed by atoms with van der Waals surface area (Å²) in [6, 6.07) is 18.5. The second-order valence-corrected chi connectivity index (χ2v) is 8.76. The van der Waals surface area contributed by atoms with Crippen molar-refractivity contribution in [1.82, 2.24) is 20.1 Å². The zero-order chi connectivity index (χ0) is 20.9. The van der Waals surface area contributed by atoms with Crippen molar-refractivity contribution >= 4 is 23.4 Å². The van der Waals surface area contributed by atoms with Gasteiger partial charge in [-0.25, -0.2) is 0 Å². The lowest BCUT2D eigenvalue weighted by atomic mass is 10.2. The molecule has 1 saturated carbocycles. The largest absolute Gasteiger partial charge is 0.378 e. The van der Waals surface area contributed by atoms with E-state index in [1.165, 1.54) is 30.2 Å². The molecule has 4 rings (SSSR count). The molecule has 1 fully saturated rings. The van der Waals surface area contributed by atoms with Crippen molar-refractivity contribution in [3.8, 4) is 0 Å². The number of hydrogen-bond donors (Lipinski definition) is 1. The number of carbonyl (C=O) groups excluding carboxylic acids is 1. The molecule has 1 N–H and O–H groups in total. The van der Waals surface area contributed by atoms with Crippen LogP contribution in [0.5, 0.6) is 0 Å². The molecular weight excluding hydrogens is 394 g/mol. The van der Waals surface area contributed by atoms with Crippen LogP contribution in [0.1, 0.15) is 35.7 Å². The molecule has 6 nitrogen and oxygen atoms in total. The number of nitrogens with one attached hydrogen (secondary N) is 1. The van der Waals surface area contributed by atoms with Gasteiger partial charge in [0.15, 0.2) is 5.16 Å². The zero-order valence-electron chi connectivity index (χ0n) is 17.4. The molecular formula is C23H27N5OS. The first kappa shape index (κ1) is 20.5. The predicted octanol–water partition coefficient (Wildman–Crippen LogP) is 3.68. The topological polar surface area (TPSA) is 63.1 Å². The maximum absolute atomic E-state index is 12.4. The summed E-state index contributed by atoms with van der Waals surface area (Å²) in [4.78, 5) is 14.4. The van der Waals surface area contributed by atoms with Gasteiger partial charge in [0.05, 0.1) is 12.3 Å². The first-order valence-corrected chi connectivity index (χ1v) is 11.2. The quantitative estimate of drug-likeness (QED) is 0.534. The van der Waals surface area contributed by atoms with E-state index in [1.54, 1.807) is 0 Å². The maximum Gasteiger partial charge on any atom is 0.230 e. The van der Waals surface area contributed by atoms with Crippen molar-refractivity contribution in [2.24, 2.45) is 0 Å². The minimum absolute atomic E-state index is 0.00100. The van der Waals surface area contributed by atoms with Gasteiger partial charge in [0, 0.05) is 32.2 Å². The summed E-state index contributed by atoms with van der Waals surface area (Å²) in [5.74, 6) is 1.88. The third-order valence-electron chi connectivity index (χ3n) is 5.15. The molecule has 0 unspecified atom stereocenters. The minimum atomic E-state index is -0.00100. The van der Waals surface area contributed by atoms with Crippen LogP contribution in [0.3, 0.4) is 0 Å². The lowest BCUT2D eigenvalue weighted by molar-refractivity contribution is -0.118. The molecule has 1 aliphatic carbocycles. The second-order valence-electron chi connectivity index (χ2n) is 7.81. The van der Waals surface area contributed by atoms with Gasteiger partial charge in [-0.15, -0.1) is 10.2 Å². The van der Waals surface area contributed by atoms with Gasteiger partial charge in [-0.3, -0.25) is 4.79 Å². The van der Waals surface area contributed by atoms with Crippen molar-refractivity contribution in [2.75, 3.05) is 24.7 Å². The van der Waals surface area contributed by atoms with Crippen LogP contribution in [0.4, 0.5) is 5.69 Å². The standard InChI is InChI=1S/C23H27N5OS/c1-27(2)20-12-8-17(9-13-20)14-24-21(29)16-30-23-26-25-22(19-10-11-19)28(23)15-18-6-4-3-5-7-18/h3-9,12-13,19H,10-11,14-16H2,1-2H3,(H,24,29). The Balaban J connectivity index is 1.34. The first-order valence-electron chi connectivity index (χ1n) is 10.2. The molecule has 0 saturated heterocycles. The molecule has 7 heteroatoms. The third kappa shape index (κ3) is 5.21. The second kappa shape index (κ2) is 9.34. The number of thioether (sulfide) groups is 1. The maximum atomic E-state index is 12.4. The summed E-state index contributed by atoms with van der Waals surface area (Å²) in [5, 5.41) is 12.6. The van der Waals surface area contributed by atoms with Crippen LogP contribution in [-0.2, 0) is 17.9 Å². The Kier molecular flexibility index (Phi) is 6.38. The third-order valence-corrected chi connectivity index (χ3v) is 6.11. The van der Waals surface area contributed by atoms with Crippen molar-refractivity contribution in [2.45, 2.75) is 37.0 Å². The fraction of sp³-hybridized carbons (Fsp3) is 0.348. The number of anilines is 1. The Labute approximate surface area is 181 Å². The van der Waals surface area contributed by atoms with Crippen LogP contribution < -0.4 is 10.2 Å². The number of hydrogen-bond acceptors (Lipinski definition) is 5. The fourth-order valence-corrected chi connectivity index (χ4v) is 4.03. The Morgan fingerprint density at radius 1 is 1.07 bits per heavy atom. The van der Waals surface area contributed by atoms with E-state index < -0.39 is 0 Å². The molecule has 0 atom stereocenters. The number of aromatic nitrogens is 3. The zero-order valence-corrected chi connectivity index (χ0v) is 18.2. The lowest BCUT2D eigenvalue weighted by Crippen LogP contribution is -2.24. The molecule has 1 aliphatic rings. The monoisotopic (exact) mass is 421 g/mol. The van der Waals surface area contributed by atoms with Gasteiger partial charge in [-0.2, -0.15) is 0 Å². The Bertz CT molecular complexity index is 981. The summed E-state index contributed by atoms with van der Waals surface area (Å²) in [7, 11) is 4.03. The molecule has 0 radical (unpaired) electrons. The van der Waals surface area contributed by atoms with Crippen LogP contribution >= 0.6 is 11.8 Å². The number of rotatable bonds is 9.